The van der Waals surface area contributed by atoms with Crippen molar-refractivity contribution >= 4 is 11.5 Å². The van der Waals surface area contributed by atoms with Crippen molar-refractivity contribution in [1.82, 2.24) is 4.37 Å². The maximum atomic E-state index is 6.32. The number of methoxy groups -OCH3 is 2. The summed E-state index contributed by atoms with van der Waals surface area (Å²) in [5.41, 5.74) is 3.74. The van der Waals surface area contributed by atoms with Crippen LogP contribution in [0.25, 0.3) is 22.4 Å². The van der Waals surface area contributed by atoms with Gasteiger partial charge in [0, 0.05) is 28.6 Å². The van der Waals surface area contributed by atoms with Gasteiger partial charge < -0.3 is 18.9 Å². The monoisotopic (exact) mass is 383 g/mol. The third-order valence-corrected chi connectivity index (χ3v) is 5.16. The van der Waals surface area contributed by atoms with E-state index in [2.05, 4.69) is 11.3 Å². The van der Waals surface area contributed by atoms with E-state index in [-0.39, 0.29) is 0 Å². The quantitative estimate of drug-likeness (QED) is 0.395. The largest absolute Gasteiger partial charge is 0.497 e. The van der Waals surface area contributed by atoms with E-state index in [0.717, 1.165) is 46.7 Å². The molecule has 0 unspecified atom stereocenters. The van der Waals surface area contributed by atoms with Crippen molar-refractivity contribution in [2.24, 2.45) is 0 Å². The van der Waals surface area contributed by atoms with Crippen LogP contribution in [0.5, 0.6) is 28.7 Å². The molecule has 6 heteroatoms. The molecule has 0 fully saturated rings. The Morgan fingerprint density at radius 1 is 1.00 bits per heavy atom. The average molecular weight is 383 g/mol. The molecule has 0 amide bonds. The molecule has 0 N–H and O–H groups in total. The van der Waals surface area contributed by atoms with Gasteiger partial charge in [0.25, 0.3) is 0 Å². The molecule has 0 spiro atoms. The van der Waals surface area contributed by atoms with Crippen molar-refractivity contribution in [3.63, 3.8) is 0 Å². The number of aromatic nitrogens is 1. The first-order valence-corrected chi connectivity index (χ1v) is 9.74. The molecule has 0 aliphatic carbocycles. The predicted molar refractivity (Wildman–Crippen MR) is 107 cm³/mol. The second-order valence-corrected chi connectivity index (χ2v) is 6.87. The number of benzene rings is 2. The Kier molecular flexibility index (Phi) is 4.90. The van der Waals surface area contributed by atoms with Gasteiger partial charge >= 0.3 is 0 Å². The van der Waals surface area contributed by atoms with Gasteiger partial charge in [-0.15, -0.1) is 0 Å². The van der Waals surface area contributed by atoms with Crippen molar-refractivity contribution < 1.29 is 18.9 Å². The Balaban J connectivity index is 1.85. The lowest BCUT2D eigenvalue weighted by Crippen LogP contribution is -1.97. The fourth-order valence-corrected chi connectivity index (χ4v) is 3.79. The summed E-state index contributed by atoms with van der Waals surface area (Å²) < 4.78 is 27.8. The summed E-state index contributed by atoms with van der Waals surface area (Å²) in [4.78, 5) is 0. The van der Waals surface area contributed by atoms with Gasteiger partial charge in [-0.1, -0.05) is 13.3 Å². The minimum Gasteiger partial charge on any atom is -0.497 e. The van der Waals surface area contributed by atoms with Crippen LogP contribution in [-0.4, -0.2) is 25.2 Å². The highest BCUT2D eigenvalue weighted by Gasteiger charge is 2.27. The summed E-state index contributed by atoms with van der Waals surface area (Å²) in [5.74, 6) is 3.46. The number of nitrogens with zero attached hydrogens (tertiary/aromatic N) is 1. The topological polar surface area (TPSA) is 49.8 Å². The van der Waals surface area contributed by atoms with Crippen molar-refractivity contribution in [2.75, 3.05) is 20.8 Å². The molecule has 0 saturated carbocycles. The van der Waals surface area contributed by atoms with Crippen molar-refractivity contribution in [3.8, 4) is 51.1 Å². The minimum atomic E-state index is 0.605. The average Bonchev–Trinajstić information content (AvgIpc) is 3.13. The Labute approximate surface area is 162 Å². The SMILES string of the molecule is CCCCOc1ccc2c(c1)Oc1c(OC)cc(OC)cc1-c1nscc1-2. The summed E-state index contributed by atoms with van der Waals surface area (Å²) in [6.45, 7) is 2.84. The lowest BCUT2D eigenvalue weighted by Gasteiger charge is -2.15. The van der Waals surface area contributed by atoms with E-state index >= 15 is 0 Å². The molecule has 2 aromatic carbocycles. The van der Waals surface area contributed by atoms with Crippen LogP contribution in [0, 0.1) is 0 Å². The zero-order chi connectivity index (χ0) is 18.8. The standard InChI is InChI=1S/C21H21NO4S/c1-4-5-8-25-13-6-7-15-17-12-27-22-20(17)16-9-14(23-2)11-19(24-3)21(16)26-18(15)10-13/h6-7,9-12H,4-5,8H2,1-3H3. The van der Waals surface area contributed by atoms with E-state index in [1.54, 1.807) is 14.2 Å². The highest BCUT2D eigenvalue weighted by molar-refractivity contribution is 7.04. The predicted octanol–water partition coefficient (Wildman–Crippen LogP) is 5.78. The Hall–Kier alpha value is -2.73. The number of rotatable bonds is 6. The van der Waals surface area contributed by atoms with Gasteiger partial charge in [-0.25, -0.2) is 0 Å². The van der Waals surface area contributed by atoms with E-state index in [1.165, 1.54) is 11.5 Å². The van der Waals surface area contributed by atoms with Gasteiger partial charge in [-0.2, -0.15) is 4.37 Å². The molecular weight excluding hydrogens is 362 g/mol. The van der Waals surface area contributed by atoms with Crippen LogP contribution in [0.2, 0.25) is 0 Å². The maximum absolute atomic E-state index is 6.32. The third kappa shape index (κ3) is 3.21. The number of hydrogen-bond acceptors (Lipinski definition) is 6. The van der Waals surface area contributed by atoms with E-state index in [9.17, 15) is 0 Å². The summed E-state index contributed by atoms with van der Waals surface area (Å²) in [5, 5.41) is 2.04. The molecule has 3 aromatic rings. The number of hydrogen-bond donors (Lipinski definition) is 0. The van der Waals surface area contributed by atoms with Crippen molar-refractivity contribution in [1.29, 1.82) is 0 Å². The Morgan fingerprint density at radius 2 is 1.89 bits per heavy atom. The van der Waals surface area contributed by atoms with Crippen LogP contribution >= 0.6 is 11.5 Å². The molecule has 0 atom stereocenters. The minimum absolute atomic E-state index is 0.605. The summed E-state index contributed by atoms with van der Waals surface area (Å²) >= 11 is 1.42. The molecule has 5 nitrogen and oxygen atoms in total. The first-order chi connectivity index (χ1) is 13.2. The van der Waals surface area contributed by atoms with E-state index in [0.29, 0.717) is 23.9 Å². The summed E-state index contributed by atoms with van der Waals surface area (Å²) in [6, 6.07) is 9.69. The van der Waals surface area contributed by atoms with Gasteiger partial charge in [-0.3, -0.25) is 0 Å². The summed E-state index contributed by atoms with van der Waals surface area (Å²) in [7, 11) is 3.26. The number of ether oxygens (including phenoxy) is 4. The van der Waals surface area contributed by atoms with Gasteiger partial charge in [0.2, 0.25) is 0 Å². The normalized spacial score (nSPS) is 11.5. The van der Waals surface area contributed by atoms with Gasteiger partial charge in [0.1, 0.15) is 17.2 Å². The van der Waals surface area contributed by atoms with E-state index in [4.69, 9.17) is 18.9 Å². The van der Waals surface area contributed by atoms with Crippen LogP contribution < -0.4 is 18.9 Å². The van der Waals surface area contributed by atoms with Gasteiger partial charge in [-0.05, 0) is 36.2 Å². The van der Waals surface area contributed by atoms with Crippen LogP contribution in [0.3, 0.4) is 0 Å². The van der Waals surface area contributed by atoms with E-state index in [1.807, 2.05) is 35.7 Å². The van der Waals surface area contributed by atoms with E-state index < -0.39 is 0 Å². The highest BCUT2D eigenvalue weighted by atomic mass is 32.1. The smallest absolute Gasteiger partial charge is 0.179 e. The maximum Gasteiger partial charge on any atom is 0.179 e. The molecule has 1 aliphatic rings. The van der Waals surface area contributed by atoms with Crippen LogP contribution in [0.15, 0.2) is 35.7 Å². The van der Waals surface area contributed by atoms with Crippen LogP contribution in [0.1, 0.15) is 19.8 Å². The molecule has 4 rings (SSSR count). The molecule has 1 aromatic heterocycles. The molecular formula is C21H21NO4S. The second kappa shape index (κ2) is 7.48. The molecule has 0 bridgehead atoms. The second-order valence-electron chi connectivity index (χ2n) is 6.25. The zero-order valence-electron chi connectivity index (χ0n) is 15.6. The summed E-state index contributed by atoms with van der Waals surface area (Å²) in [6.07, 6.45) is 2.12. The molecule has 27 heavy (non-hydrogen) atoms. The third-order valence-electron chi connectivity index (χ3n) is 4.53. The van der Waals surface area contributed by atoms with Gasteiger partial charge in [0.05, 0.1) is 32.1 Å². The number of unbranched alkanes of at least 4 members (excludes halogenated alkanes) is 1. The van der Waals surface area contributed by atoms with Crippen LogP contribution in [-0.2, 0) is 0 Å². The Bertz CT molecular complexity index is 967. The van der Waals surface area contributed by atoms with Crippen molar-refractivity contribution in [2.45, 2.75) is 19.8 Å². The fourth-order valence-electron chi connectivity index (χ4n) is 3.09. The first-order valence-electron chi connectivity index (χ1n) is 8.91. The lowest BCUT2D eigenvalue weighted by molar-refractivity contribution is 0.307. The zero-order valence-corrected chi connectivity index (χ0v) is 16.4. The van der Waals surface area contributed by atoms with Crippen molar-refractivity contribution in [3.05, 3.63) is 35.7 Å². The Morgan fingerprint density at radius 3 is 2.67 bits per heavy atom. The molecule has 140 valence electrons. The molecule has 0 radical (unpaired) electrons. The van der Waals surface area contributed by atoms with Crippen LogP contribution in [0.4, 0.5) is 0 Å². The fraction of sp³-hybridized carbons (Fsp3) is 0.286. The highest BCUT2D eigenvalue weighted by Crippen LogP contribution is 2.52. The number of fused-ring (bicyclic) bond motifs is 5. The molecule has 1 aliphatic heterocycles. The molecule has 0 saturated heterocycles. The first kappa shape index (κ1) is 17.7. The lowest BCUT2D eigenvalue weighted by atomic mass is 10.0. The van der Waals surface area contributed by atoms with Gasteiger partial charge in [0.15, 0.2) is 11.5 Å². The molecule has 2 heterocycles.